The highest BCUT2D eigenvalue weighted by Gasteiger charge is 2.33. The molecule has 2 fully saturated rings. The van der Waals surface area contributed by atoms with Crippen LogP contribution in [0.2, 0.25) is 0 Å². The lowest BCUT2D eigenvalue weighted by Gasteiger charge is -2.38. The second-order valence-electron chi connectivity index (χ2n) is 9.57. The number of nitrogens with one attached hydrogen (secondary N) is 2. The molecule has 2 aromatic carbocycles. The van der Waals surface area contributed by atoms with E-state index in [0.717, 1.165) is 61.8 Å². The summed E-state index contributed by atoms with van der Waals surface area (Å²) in [5.74, 6) is -1.19. The van der Waals surface area contributed by atoms with Crippen molar-refractivity contribution in [3.63, 3.8) is 0 Å². The highest BCUT2D eigenvalue weighted by Crippen LogP contribution is 2.32. The minimum atomic E-state index is -4.57. The van der Waals surface area contributed by atoms with Crippen molar-refractivity contribution in [2.45, 2.75) is 43.7 Å². The Hall–Kier alpha value is -3.28. The number of hydrogen-bond acceptors (Lipinski definition) is 4. The molecule has 6 nitrogen and oxygen atoms in total. The predicted molar refractivity (Wildman–Crippen MR) is 129 cm³/mol. The van der Waals surface area contributed by atoms with E-state index in [1.807, 2.05) is 0 Å². The first-order chi connectivity index (χ1) is 17.9. The molecule has 2 aromatic rings. The van der Waals surface area contributed by atoms with E-state index in [0.29, 0.717) is 25.7 Å². The SMILES string of the molecule is O=C(CNC(=O)c1cccc(C(F)(F)F)c1)N[C@@H]1CCN(C2CCN(c3ccc(C(F)(F)F)cc3)CC2)C1. The number of nitrogens with zero attached hydrogens (tertiary/aromatic N) is 2. The summed E-state index contributed by atoms with van der Waals surface area (Å²) in [7, 11) is 0. The maximum Gasteiger partial charge on any atom is 0.416 e. The van der Waals surface area contributed by atoms with Crippen LogP contribution in [0.3, 0.4) is 0 Å². The summed E-state index contributed by atoms with van der Waals surface area (Å²) in [6.07, 6.45) is -6.52. The van der Waals surface area contributed by atoms with Crippen LogP contribution < -0.4 is 15.5 Å². The zero-order valence-corrected chi connectivity index (χ0v) is 20.4. The number of alkyl halides is 6. The number of carbonyl (C=O) groups excluding carboxylic acids is 2. The van der Waals surface area contributed by atoms with Gasteiger partial charge in [-0.2, -0.15) is 26.3 Å². The van der Waals surface area contributed by atoms with Gasteiger partial charge in [-0.25, -0.2) is 0 Å². The normalized spacial score (nSPS) is 19.4. The number of halogens is 6. The molecule has 2 aliphatic rings. The molecule has 4 rings (SSSR count). The van der Waals surface area contributed by atoms with Crippen molar-refractivity contribution in [2.75, 3.05) is 37.6 Å². The molecule has 2 aliphatic heterocycles. The highest BCUT2D eigenvalue weighted by atomic mass is 19.4. The van der Waals surface area contributed by atoms with Gasteiger partial charge in [-0.3, -0.25) is 14.5 Å². The summed E-state index contributed by atoms with van der Waals surface area (Å²) in [4.78, 5) is 28.9. The number of likely N-dealkylation sites (tertiary alicyclic amines) is 1. The van der Waals surface area contributed by atoms with Gasteiger partial charge in [-0.05, 0) is 61.7 Å². The van der Waals surface area contributed by atoms with Gasteiger partial charge in [0.2, 0.25) is 5.91 Å². The van der Waals surface area contributed by atoms with E-state index in [2.05, 4.69) is 20.4 Å². The van der Waals surface area contributed by atoms with Gasteiger partial charge in [-0.1, -0.05) is 6.07 Å². The molecule has 2 heterocycles. The van der Waals surface area contributed by atoms with Crippen LogP contribution in [0.15, 0.2) is 48.5 Å². The molecule has 2 saturated heterocycles. The van der Waals surface area contributed by atoms with Crippen LogP contribution in [0.4, 0.5) is 32.0 Å². The molecular weight excluding hydrogens is 514 g/mol. The van der Waals surface area contributed by atoms with E-state index in [1.54, 1.807) is 0 Å². The lowest BCUT2D eigenvalue weighted by atomic mass is 10.0. The number of benzene rings is 2. The van der Waals surface area contributed by atoms with Gasteiger partial charge in [0.15, 0.2) is 0 Å². The maximum absolute atomic E-state index is 12.8. The number of amides is 2. The molecule has 1 atom stereocenters. The summed E-state index contributed by atoms with van der Waals surface area (Å²) >= 11 is 0. The molecule has 0 saturated carbocycles. The van der Waals surface area contributed by atoms with Gasteiger partial charge in [0.1, 0.15) is 0 Å². The molecular formula is C26H28F6N4O2. The Morgan fingerprint density at radius 2 is 1.50 bits per heavy atom. The van der Waals surface area contributed by atoms with E-state index in [1.165, 1.54) is 18.2 Å². The number of rotatable bonds is 6. The lowest BCUT2D eigenvalue weighted by molar-refractivity contribution is -0.138. The first-order valence-corrected chi connectivity index (χ1v) is 12.3. The smallest absolute Gasteiger partial charge is 0.371 e. The van der Waals surface area contributed by atoms with Crippen LogP contribution in [-0.4, -0.2) is 61.5 Å². The van der Waals surface area contributed by atoms with E-state index in [-0.39, 0.29) is 18.2 Å². The molecule has 0 unspecified atom stereocenters. The van der Waals surface area contributed by atoms with E-state index in [4.69, 9.17) is 0 Å². The Bertz CT molecular complexity index is 1130. The van der Waals surface area contributed by atoms with Crippen LogP contribution in [0, 0.1) is 0 Å². The Morgan fingerprint density at radius 1 is 0.842 bits per heavy atom. The average molecular weight is 543 g/mol. The van der Waals surface area contributed by atoms with Crippen LogP contribution in [0.25, 0.3) is 0 Å². The van der Waals surface area contributed by atoms with Crippen LogP contribution in [-0.2, 0) is 17.1 Å². The Balaban J connectivity index is 1.19. The summed E-state index contributed by atoms with van der Waals surface area (Å²) in [6, 6.07) is 9.36. The number of piperidine rings is 1. The molecule has 0 aromatic heterocycles. The summed E-state index contributed by atoms with van der Waals surface area (Å²) in [5.41, 5.74) is -1.03. The minimum Gasteiger partial charge on any atom is -0.371 e. The first-order valence-electron chi connectivity index (χ1n) is 12.3. The average Bonchev–Trinajstić information content (AvgIpc) is 3.35. The molecule has 2 N–H and O–H groups in total. The molecule has 0 bridgehead atoms. The van der Waals surface area contributed by atoms with Crippen molar-refractivity contribution < 1.29 is 35.9 Å². The Kier molecular flexibility index (Phi) is 8.19. The first kappa shape index (κ1) is 27.7. The van der Waals surface area contributed by atoms with Gasteiger partial charge in [0.25, 0.3) is 5.91 Å². The maximum atomic E-state index is 12.8. The molecule has 0 aliphatic carbocycles. The number of hydrogen-bond donors (Lipinski definition) is 2. The fraction of sp³-hybridized carbons (Fsp3) is 0.462. The molecule has 0 radical (unpaired) electrons. The molecule has 0 spiro atoms. The quantitative estimate of drug-likeness (QED) is 0.534. The Labute approximate surface area is 216 Å². The zero-order chi connectivity index (χ0) is 27.5. The molecule has 2 amide bonds. The second-order valence-corrected chi connectivity index (χ2v) is 9.57. The fourth-order valence-corrected chi connectivity index (χ4v) is 4.97. The van der Waals surface area contributed by atoms with Gasteiger partial charge >= 0.3 is 12.4 Å². The van der Waals surface area contributed by atoms with Crippen molar-refractivity contribution >= 4 is 17.5 Å². The van der Waals surface area contributed by atoms with Gasteiger partial charge in [-0.15, -0.1) is 0 Å². The van der Waals surface area contributed by atoms with Crippen LogP contribution >= 0.6 is 0 Å². The third-order valence-electron chi connectivity index (χ3n) is 6.99. The van der Waals surface area contributed by atoms with Crippen LogP contribution in [0.5, 0.6) is 0 Å². The second kappa shape index (κ2) is 11.2. The Morgan fingerprint density at radius 3 is 2.13 bits per heavy atom. The minimum absolute atomic E-state index is 0.110. The van der Waals surface area contributed by atoms with E-state index in [9.17, 15) is 35.9 Å². The third kappa shape index (κ3) is 6.97. The number of anilines is 1. The third-order valence-corrected chi connectivity index (χ3v) is 6.99. The van der Waals surface area contributed by atoms with Crippen molar-refractivity contribution in [1.82, 2.24) is 15.5 Å². The predicted octanol–water partition coefficient (Wildman–Crippen LogP) is 4.31. The topological polar surface area (TPSA) is 64.7 Å². The summed E-state index contributed by atoms with van der Waals surface area (Å²) < 4.78 is 76.9. The van der Waals surface area contributed by atoms with Crippen molar-refractivity contribution in [1.29, 1.82) is 0 Å². The van der Waals surface area contributed by atoms with Crippen molar-refractivity contribution in [2.24, 2.45) is 0 Å². The van der Waals surface area contributed by atoms with Gasteiger partial charge in [0.05, 0.1) is 17.7 Å². The fourth-order valence-electron chi connectivity index (χ4n) is 4.97. The number of carbonyl (C=O) groups is 2. The molecule has 38 heavy (non-hydrogen) atoms. The van der Waals surface area contributed by atoms with E-state index < -0.39 is 35.3 Å². The highest BCUT2D eigenvalue weighted by molar-refractivity contribution is 5.96. The summed E-state index contributed by atoms with van der Waals surface area (Å²) in [6.45, 7) is 2.50. The monoisotopic (exact) mass is 542 g/mol. The van der Waals surface area contributed by atoms with Gasteiger partial charge < -0.3 is 15.5 Å². The zero-order valence-electron chi connectivity index (χ0n) is 20.4. The lowest BCUT2D eigenvalue weighted by Crippen LogP contribution is -2.46. The van der Waals surface area contributed by atoms with E-state index >= 15 is 0 Å². The van der Waals surface area contributed by atoms with Gasteiger partial charge in [0, 0.05) is 49.5 Å². The molecule has 206 valence electrons. The van der Waals surface area contributed by atoms with Crippen molar-refractivity contribution in [3.8, 4) is 0 Å². The largest absolute Gasteiger partial charge is 0.416 e. The van der Waals surface area contributed by atoms with Crippen LogP contribution in [0.1, 0.15) is 40.7 Å². The standard InChI is InChI=1S/C26H28F6N4O2/c27-25(28,29)18-4-6-21(7-5-18)35-12-9-22(10-13-35)36-11-8-20(16-36)34-23(37)15-33-24(38)17-2-1-3-19(14-17)26(30,31)32/h1-7,14,20,22H,8-13,15-16H2,(H,33,38)(H,34,37)/t20-/m1/s1. The summed E-state index contributed by atoms with van der Waals surface area (Å²) in [5, 5.41) is 5.22. The van der Waals surface area contributed by atoms with Crippen molar-refractivity contribution in [3.05, 3.63) is 65.2 Å². The molecule has 12 heteroatoms.